The van der Waals surface area contributed by atoms with E-state index in [1.165, 1.54) is 9.79 Å². The van der Waals surface area contributed by atoms with Crippen LogP contribution in [0.5, 0.6) is 0 Å². The molecule has 0 aliphatic carbocycles. The molecule has 2 aromatic heterocycles. The van der Waals surface area contributed by atoms with E-state index in [1.54, 1.807) is 24.2 Å². The fourth-order valence-electron chi connectivity index (χ4n) is 2.20. The number of H-pyrrole nitrogens is 2. The quantitative estimate of drug-likeness (QED) is 0.602. The first-order valence-electron chi connectivity index (χ1n) is 6.99. The third-order valence-corrected chi connectivity index (χ3v) is 4.38. The monoisotopic (exact) mass is 320 g/mol. The molecule has 0 atom stereocenters. The molecule has 0 fully saturated rings. The predicted molar refractivity (Wildman–Crippen MR) is 87.8 cm³/mol. The van der Waals surface area contributed by atoms with E-state index >= 15 is 0 Å². The molecular formula is C16H12N6S. The van der Waals surface area contributed by atoms with Gasteiger partial charge in [0, 0.05) is 20.9 Å². The van der Waals surface area contributed by atoms with Gasteiger partial charge in [0.05, 0.1) is 12.4 Å². The highest BCUT2D eigenvalue weighted by Gasteiger charge is 2.04. The van der Waals surface area contributed by atoms with Gasteiger partial charge in [0.1, 0.15) is 11.4 Å². The van der Waals surface area contributed by atoms with Crippen molar-refractivity contribution in [2.45, 2.75) is 9.79 Å². The van der Waals surface area contributed by atoms with Crippen molar-refractivity contribution >= 4 is 11.8 Å². The van der Waals surface area contributed by atoms with Crippen LogP contribution in [0, 0.1) is 0 Å². The summed E-state index contributed by atoms with van der Waals surface area (Å²) >= 11 is 1.71. The van der Waals surface area contributed by atoms with E-state index in [0.29, 0.717) is 0 Å². The summed E-state index contributed by atoms with van der Waals surface area (Å²) in [7, 11) is 0. The van der Waals surface area contributed by atoms with Gasteiger partial charge in [0.15, 0.2) is 0 Å². The van der Waals surface area contributed by atoms with Crippen LogP contribution in [-0.4, -0.2) is 30.8 Å². The van der Waals surface area contributed by atoms with Crippen LogP contribution < -0.4 is 0 Å². The first kappa shape index (κ1) is 13.7. The maximum Gasteiger partial charge on any atom is 0.112 e. The molecule has 2 heterocycles. The lowest BCUT2D eigenvalue weighted by Gasteiger charge is -2.04. The molecule has 4 rings (SSSR count). The normalized spacial score (nSPS) is 10.8. The van der Waals surface area contributed by atoms with Gasteiger partial charge in [-0.05, 0) is 24.3 Å². The second-order valence-electron chi connectivity index (χ2n) is 4.86. The molecule has 0 radical (unpaired) electrons. The minimum Gasteiger partial charge on any atom is -0.197 e. The number of rotatable bonds is 4. The zero-order valence-electron chi connectivity index (χ0n) is 12.0. The summed E-state index contributed by atoms with van der Waals surface area (Å²) in [6.45, 7) is 0. The fraction of sp³-hybridized carbons (Fsp3) is 0. The second-order valence-corrected chi connectivity index (χ2v) is 6.01. The van der Waals surface area contributed by atoms with Crippen molar-refractivity contribution < 1.29 is 0 Å². The van der Waals surface area contributed by atoms with Crippen LogP contribution in [0.15, 0.2) is 70.7 Å². The zero-order chi connectivity index (χ0) is 15.5. The Hall–Kier alpha value is -2.93. The van der Waals surface area contributed by atoms with Crippen molar-refractivity contribution in [3.63, 3.8) is 0 Å². The summed E-state index contributed by atoms with van der Waals surface area (Å²) in [4.78, 5) is 2.35. The second kappa shape index (κ2) is 6.05. The molecule has 0 saturated carbocycles. The average Bonchev–Trinajstić information content (AvgIpc) is 3.30. The molecule has 0 amide bonds. The molecule has 0 saturated heterocycles. The van der Waals surface area contributed by atoms with Crippen molar-refractivity contribution in [1.29, 1.82) is 0 Å². The maximum atomic E-state index is 4.08. The van der Waals surface area contributed by atoms with E-state index in [0.717, 1.165) is 22.5 Å². The van der Waals surface area contributed by atoms with Gasteiger partial charge in [0.2, 0.25) is 0 Å². The third-order valence-electron chi connectivity index (χ3n) is 3.37. The molecule has 112 valence electrons. The van der Waals surface area contributed by atoms with Gasteiger partial charge in [-0.3, -0.25) is 0 Å². The van der Waals surface area contributed by atoms with Gasteiger partial charge in [-0.25, -0.2) is 0 Å². The summed E-state index contributed by atoms with van der Waals surface area (Å²) in [6.07, 6.45) is 3.43. The van der Waals surface area contributed by atoms with E-state index in [9.17, 15) is 0 Å². The summed E-state index contributed by atoms with van der Waals surface area (Å²) in [5, 5.41) is 21.1. The molecule has 0 unspecified atom stereocenters. The Kier molecular flexibility index (Phi) is 3.61. The standard InChI is InChI=1S/C16H12N6S/c1-5-13(6-2-11(1)15-9-17-21-19-15)23-14-7-3-12(4-8-14)16-10-18-22-20-16/h1-10H,(H,17,19,21)(H,18,20,22). The van der Waals surface area contributed by atoms with Crippen LogP contribution in [0.2, 0.25) is 0 Å². The molecule has 0 spiro atoms. The molecule has 7 heteroatoms. The van der Waals surface area contributed by atoms with Crippen molar-refractivity contribution in [2.24, 2.45) is 0 Å². The van der Waals surface area contributed by atoms with E-state index < -0.39 is 0 Å². The Bertz CT molecular complexity index is 792. The van der Waals surface area contributed by atoms with Gasteiger partial charge < -0.3 is 0 Å². The zero-order valence-corrected chi connectivity index (χ0v) is 12.8. The molecule has 0 aliphatic rings. The summed E-state index contributed by atoms with van der Waals surface area (Å²) in [6, 6.07) is 16.5. The number of aromatic nitrogens is 6. The lowest BCUT2D eigenvalue weighted by molar-refractivity contribution is 0.942. The van der Waals surface area contributed by atoms with Gasteiger partial charge in [-0.1, -0.05) is 36.0 Å². The smallest absolute Gasteiger partial charge is 0.112 e. The molecule has 0 aliphatic heterocycles. The highest BCUT2D eigenvalue weighted by atomic mass is 32.2. The number of benzene rings is 2. The summed E-state index contributed by atoms with van der Waals surface area (Å²) in [5.41, 5.74) is 3.78. The van der Waals surface area contributed by atoms with Gasteiger partial charge in [0.25, 0.3) is 0 Å². The van der Waals surface area contributed by atoms with Gasteiger partial charge in [-0.15, -0.1) is 0 Å². The van der Waals surface area contributed by atoms with Crippen LogP contribution in [-0.2, 0) is 0 Å². The number of nitrogens with zero attached hydrogens (tertiary/aromatic N) is 4. The van der Waals surface area contributed by atoms with E-state index in [1.807, 2.05) is 24.3 Å². The minimum atomic E-state index is 0.846. The lowest BCUT2D eigenvalue weighted by Crippen LogP contribution is -1.80. The predicted octanol–water partition coefficient (Wildman–Crippen LogP) is 3.41. The van der Waals surface area contributed by atoms with Crippen LogP contribution in [0.1, 0.15) is 0 Å². The molecule has 0 bridgehead atoms. The Morgan fingerprint density at radius 3 is 1.39 bits per heavy atom. The van der Waals surface area contributed by atoms with Crippen LogP contribution >= 0.6 is 11.8 Å². The van der Waals surface area contributed by atoms with Crippen molar-refractivity contribution in [3.8, 4) is 22.5 Å². The molecule has 23 heavy (non-hydrogen) atoms. The highest BCUT2D eigenvalue weighted by Crippen LogP contribution is 2.30. The average molecular weight is 320 g/mol. The van der Waals surface area contributed by atoms with E-state index in [4.69, 9.17) is 0 Å². The number of hydrogen-bond acceptors (Lipinski definition) is 5. The van der Waals surface area contributed by atoms with Crippen LogP contribution in [0.4, 0.5) is 0 Å². The molecule has 6 nitrogen and oxygen atoms in total. The fourth-order valence-corrected chi connectivity index (χ4v) is 3.02. The Morgan fingerprint density at radius 1 is 0.609 bits per heavy atom. The number of hydrogen-bond donors (Lipinski definition) is 2. The minimum absolute atomic E-state index is 0.846. The molecule has 2 N–H and O–H groups in total. The topological polar surface area (TPSA) is 83.1 Å². The van der Waals surface area contributed by atoms with E-state index in [-0.39, 0.29) is 0 Å². The lowest BCUT2D eigenvalue weighted by atomic mass is 10.2. The third kappa shape index (κ3) is 3.00. The van der Waals surface area contributed by atoms with E-state index in [2.05, 4.69) is 55.1 Å². The Morgan fingerprint density at radius 2 is 1.04 bits per heavy atom. The van der Waals surface area contributed by atoms with Gasteiger partial charge in [-0.2, -0.15) is 30.8 Å². The van der Waals surface area contributed by atoms with Crippen LogP contribution in [0.3, 0.4) is 0 Å². The SMILES string of the molecule is c1cc(-c2cn[nH]n2)ccc1Sc1ccc(-c2cn[nH]n2)cc1. The summed E-state index contributed by atoms with van der Waals surface area (Å²) < 4.78 is 0. The molecule has 2 aromatic carbocycles. The Balaban J connectivity index is 1.49. The molecule has 4 aromatic rings. The van der Waals surface area contributed by atoms with Crippen LogP contribution in [0.25, 0.3) is 22.5 Å². The van der Waals surface area contributed by atoms with Crippen molar-refractivity contribution in [2.75, 3.05) is 0 Å². The first-order valence-corrected chi connectivity index (χ1v) is 7.80. The van der Waals surface area contributed by atoms with Crippen molar-refractivity contribution in [3.05, 3.63) is 60.9 Å². The number of aromatic amines is 2. The van der Waals surface area contributed by atoms with Crippen molar-refractivity contribution in [1.82, 2.24) is 30.8 Å². The first-order chi connectivity index (χ1) is 11.4. The summed E-state index contributed by atoms with van der Waals surface area (Å²) in [5.74, 6) is 0. The molecular weight excluding hydrogens is 308 g/mol. The maximum absolute atomic E-state index is 4.08. The Labute approximate surface area is 136 Å². The number of nitrogens with one attached hydrogen (secondary N) is 2. The highest BCUT2D eigenvalue weighted by molar-refractivity contribution is 7.99. The largest absolute Gasteiger partial charge is 0.197 e. The van der Waals surface area contributed by atoms with Gasteiger partial charge >= 0.3 is 0 Å².